The van der Waals surface area contributed by atoms with Gasteiger partial charge in [0.2, 0.25) is 0 Å². The maximum atomic E-state index is 2.52. The van der Waals surface area contributed by atoms with Crippen molar-refractivity contribution in [3.05, 3.63) is 55.5 Å². The Morgan fingerprint density at radius 1 is 0.897 bits per heavy atom. The van der Waals surface area contributed by atoms with Crippen LogP contribution in [0.15, 0.2) is 41.3 Å². The van der Waals surface area contributed by atoms with Crippen LogP contribution in [0.2, 0.25) is 0 Å². The van der Waals surface area contributed by atoms with Gasteiger partial charge in [0.15, 0.2) is 0 Å². The van der Waals surface area contributed by atoms with Crippen LogP contribution in [0.5, 0.6) is 0 Å². The molecule has 0 amide bonds. The van der Waals surface area contributed by atoms with Gasteiger partial charge in [0.1, 0.15) is 0 Å². The molecule has 5 aromatic rings. The molecule has 0 radical (unpaired) electrons. The van der Waals surface area contributed by atoms with Crippen molar-refractivity contribution in [2.45, 2.75) is 46.5 Å². The average molecular weight is 547 g/mol. The first kappa shape index (κ1) is 20.1. The molecule has 0 aliphatic rings. The molecule has 0 bridgehead atoms. The van der Waals surface area contributed by atoms with Gasteiger partial charge in [0, 0.05) is 0 Å². The molecule has 4 heteroatoms. The number of aryl methyl sites for hydroxylation is 2. The van der Waals surface area contributed by atoms with E-state index >= 15 is 0 Å². The SMILES string of the molecule is CCc1ccc(-c2c3cc(C(C)(C)C)sc3c(-c3ccc[se]3)c3cc(C)sc23)[se]1. The van der Waals surface area contributed by atoms with Gasteiger partial charge in [-0.2, -0.15) is 0 Å². The standard InChI is InChI=1S/C25H24S2Se2/c1-6-15-9-10-19(29-15)22-17-13-20(25(3,4)5)27-24(17)21(18-8-7-11-28-18)16-12-14(2)26-23(16)22/h7-13H,6H2,1-5H3. The molecule has 4 aromatic heterocycles. The average Bonchev–Trinajstić information content (AvgIpc) is 3.43. The van der Waals surface area contributed by atoms with Crippen molar-refractivity contribution in [3.8, 4) is 20.0 Å². The van der Waals surface area contributed by atoms with Crippen LogP contribution in [0.25, 0.3) is 40.2 Å². The van der Waals surface area contributed by atoms with Crippen LogP contribution in [0.4, 0.5) is 0 Å². The second kappa shape index (κ2) is 7.38. The van der Waals surface area contributed by atoms with Gasteiger partial charge >= 0.3 is 194 Å². The Morgan fingerprint density at radius 3 is 2.28 bits per heavy atom. The van der Waals surface area contributed by atoms with E-state index in [1.54, 1.807) is 8.87 Å². The summed E-state index contributed by atoms with van der Waals surface area (Å²) in [4.78, 5) is 5.27. The Balaban J connectivity index is 1.97. The molecule has 1 aromatic carbocycles. The van der Waals surface area contributed by atoms with E-state index in [1.165, 1.54) is 51.9 Å². The van der Waals surface area contributed by atoms with Crippen molar-refractivity contribution in [3.63, 3.8) is 0 Å². The molecule has 0 N–H and O–H groups in total. The summed E-state index contributed by atoms with van der Waals surface area (Å²) in [6, 6.07) is 14.4. The van der Waals surface area contributed by atoms with Gasteiger partial charge in [-0.1, -0.05) is 0 Å². The van der Waals surface area contributed by atoms with Crippen LogP contribution in [0, 0.1) is 6.92 Å². The first-order valence-electron chi connectivity index (χ1n) is 10.00. The zero-order chi connectivity index (χ0) is 20.3. The van der Waals surface area contributed by atoms with Gasteiger partial charge in [-0.25, -0.2) is 0 Å². The minimum atomic E-state index is 0.178. The zero-order valence-electron chi connectivity index (χ0n) is 17.4. The molecule has 0 saturated heterocycles. The molecule has 4 heterocycles. The van der Waals surface area contributed by atoms with Crippen LogP contribution < -0.4 is 0 Å². The molecule has 5 rings (SSSR count). The van der Waals surface area contributed by atoms with E-state index in [2.05, 4.69) is 76.0 Å². The van der Waals surface area contributed by atoms with Crippen LogP contribution in [0.3, 0.4) is 0 Å². The summed E-state index contributed by atoms with van der Waals surface area (Å²) in [5.41, 5.74) is 3.22. The number of hydrogen-bond donors (Lipinski definition) is 0. The van der Waals surface area contributed by atoms with Crippen molar-refractivity contribution in [1.82, 2.24) is 0 Å². The van der Waals surface area contributed by atoms with Gasteiger partial charge in [0.25, 0.3) is 0 Å². The Bertz CT molecular complexity index is 1320. The molecule has 0 atom stereocenters. The molecule has 148 valence electrons. The van der Waals surface area contributed by atoms with E-state index in [-0.39, 0.29) is 5.41 Å². The van der Waals surface area contributed by atoms with E-state index in [1.807, 2.05) is 22.7 Å². The topological polar surface area (TPSA) is 0 Å². The van der Waals surface area contributed by atoms with Gasteiger partial charge in [-0.3, -0.25) is 0 Å². The summed E-state index contributed by atoms with van der Waals surface area (Å²) in [5.74, 6) is 0. The molecule has 0 aliphatic heterocycles. The second-order valence-corrected chi connectivity index (χ2v) is 15.3. The normalized spacial score (nSPS) is 12.4. The predicted molar refractivity (Wildman–Crippen MR) is 135 cm³/mol. The van der Waals surface area contributed by atoms with Gasteiger partial charge < -0.3 is 0 Å². The number of hydrogen-bond acceptors (Lipinski definition) is 2. The van der Waals surface area contributed by atoms with Crippen LogP contribution in [0.1, 0.15) is 41.9 Å². The van der Waals surface area contributed by atoms with E-state index in [4.69, 9.17) is 0 Å². The van der Waals surface area contributed by atoms with Gasteiger partial charge in [-0.05, 0) is 0 Å². The molecule has 0 saturated carbocycles. The van der Waals surface area contributed by atoms with E-state index in [9.17, 15) is 0 Å². The first-order valence-corrected chi connectivity index (χ1v) is 15.2. The maximum absolute atomic E-state index is 2.52. The summed E-state index contributed by atoms with van der Waals surface area (Å²) in [7, 11) is 0. The van der Waals surface area contributed by atoms with E-state index in [0.717, 1.165) is 0 Å². The third-order valence-corrected chi connectivity index (χ3v) is 12.5. The molecule has 0 unspecified atom stereocenters. The van der Waals surface area contributed by atoms with Crippen molar-refractivity contribution in [2.75, 3.05) is 0 Å². The van der Waals surface area contributed by atoms with Crippen molar-refractivity contribution < 1.29 is 0 Å². The third-order valence-electron chi connectivity index (χ3n) is 5.34. The number of benzene rings is 1. The number of thiophene rings is 2. The Hall–Kier alpha value is -0.861. The predicted octanol–water partition coefficient (Wildman–Crippen LogP) is 7.73. The Kier molecular flexibility index (Phi) is 5.10. The zero-order valence-corrected chi connectivity index (χ0v) is 22.4. The number of rotatable bonds is 3. The molecular weight excluding hydrogens is 522 g/mol. The number of fused-ring (bicyclic) bond motifs is 2. The summed E-state index contributed by atoms with van der Waals surface area (Å²) >= 11 is 4.91. The van der Waals surface area contributed by atoms with Crippen LogP contribution in [-0.2, 0) is 11.8 Å². The van der Waals surface area contributed by atoms with Gasteiger partial charge in [0.05, 0.1) is 0 Å². The fourth-order valence-corrected chi connectivity index (χ4v) is 10.3. The fraction of sp³-hybridized carbons (Fsp3) is 0.280. The van der Waals surface area contributed by atoms with Crippen molar-refractivity contribution in [2.24, 2.45) is 0 Å². The van der Waals surface area contributed by atoms with Crippen molar-refractivity contribution >= 4 is 71.9 Å². The molecule has 0 spiro atoms. The van der Waals surface area contributed by atoms with Crippen LogP contribution in [-0.4, -0.2) is 29.0 Å². The van der Waals surface area contributed by atoms with Gasteiger partial charge in [-0.15, -0.1) is 0 Å². The third kappa shape index (κ3) is 3.39. The van der Waals surface area contributed by atoms with Crippen molar-refractivity contribution in [1.29, 1.82) is 0 Å². The molecule has 0 aliphatic carbocycles. The summed E-state index contributed by atoms with van der Waals surface area (Å²) in [5, 5.41) is 2.97. The molecule has 0 fully saturated rings. The monoisotopic (exact) mass is 548 g/mol. The van der Waals surface area contributed by atoms with Crippen LogP contribution >= 0.6 is 22.7 Å². The quantitative estimate of drug-likeness (QED) is 0.203. The Morgan fingerprint density at radius 2 is 1.62 bits per heavy atom. The Labute approximate surface area is 192 Å². The molecular formula is C25H24S2Se2. The summed E-state index contributed by atoms with van der Waals surface area (Å²) < 4.78 is 7.74. The first-order chi connectivity index (χ1) is 13.9. The fourth-order valence-electron chi connectivity index (χ4n) is 3.87. The minimum absolute atomic E-state index is 0.178. The molecule has 0 nitrogen and oxygen atoms in total. The van der Waals surface area contributed by atoms with E-state index in [0.29, 0.717) is 29.0 Å². The summed E-state index contributed by atoms with van der Waals surface area (Å²) in [6.45, 7) is 11.6. The van der Waals surface area contributed by atoms with E-state index < -0.39 is 0 Å². The summed E-state index contributed by atoms with van der Waals surface area (Å²) in [6.07, 6.45) is 1.17. The molecule has 29 heavy (non-hydrogen) atoms. The second-order valence-electron chi connectivity index (χ2n) is 8.55.